The number of ether oxygens (including phenoxy) is 1. The molecule has 1 aromatic heterocycles. The van der Waals surface area contributed by atoms with Gasteiger partial charge in [-0.1, -0.05) is 30.3 Å². The van der Waals surface area contributed by atoms with Crippen LogP contribution in [-0.2, 0) is 0 Å². The number of carboxylic acids is 1. The van der Waals surface area contributed by atoms with Crippen molar-refractivity contribution in [3.63, 3.8) is 0 Å². The van der Waals surface area contributed by atoms with Gasteiger partial charge in [0.1, 0.15) is 0 Å². The van der Waals surface area contributed by atoms with Crippen LogP contribution in [-0.4, -0.2) is 28.2 Å². The van der Waals surface area contributed by atoms with Gasteiger partial charge in [-0.3, -0.25) is 0 Å². The third-order valence-corrected chi connectivity index (χ3v) is 2.33. The summed E-state index contributed by atoms with van der Waals surface area (Å²) >= 11 is 0. The molecule has 3 N–H and O–H groups in total. The summed E-state index contributed by atoms with van der Waals surface area (Å²) in [6.07, 6.45) is 0. The smallest absolute Gasteiger partial charge is 0.358 e. The molecule has 0 saturated heterocycles. The Bertz CT molecular complexity index is 585. The summed E-state index contributed by atoms with van der Waals surface area (Å²) in [6, 6.07) is 8.99. The minimum absolute atomic E-state index is 0.00348. The highest BCUT2D eigenvalue weighted by molar-refractivity contribution is 5.91. The minimum Gasteiger partial charge on any atom is -0.491 e. The summed E-state index contributed by atoms with van der Waals surface area (Å²) in [5, 5.41) is 9.07. The molecule has 0 aliphatic heterocycles. The fraction of sp³-hybridized carbons (Fsp3) is 0.0833. The molecule has 6 nitrogen and oxygen atoms in total. The van der Waals surface area contributed by atoms with Crippen LogP contribution in [0.25, 0.3) is 11.4 Å². The number of hydrogen-bond donors (Lipinski definition) is 2. The lowest BCUT2D eigenvalue weighted by Crippen LogP contribution is -2.09. The van der Waals surface area contributed by atoms with E-state index in [2.05, 4.69) is 9.97 Å². The van der Waals surface area contributed by atoms with Gasteiger partial charge in [-0.15, -0.1) is 0 Å². The molecule has 0 radical (unpaired) electrons. The van der Waals surface area contributed by atoms with Crippen molar-refractivity contribution in [2.75, 3.05) is 12.8 Å². The molecule has 2 rings (SSSR count). The Labute approximate surface area is 103 Å². The van der Waals surface area contributed by atoms with E-state index in [4.69, 9.17) is 15.6 Å². The second kappa shape index (κ2) is 4.70. The number of nitrogen functional groups attached to an aromatic ring is 1. The number of benzene rings is 1. The highest BCUT2D eigenvalue weighted by Gasteiger charge is 2.19. The van der Waals surface area contributed by atoms with Gasteiger partial charge in [-0.25, -0.2) is 14.8 Å². The first-order valence-electron chi connectivity index (χ1n) is 5.13. The molecule has 1 aromatic carbocycles. The molecule has 0 amide bonds. The zero-order chi connectivity index (χ0) is 13.1. The highest BCUT2D eigenvalue weighted by atomic mass is 16.5. The molecule has 0 aliphatic rings. The molecular formula is C12H11N3O3. The fourth-order valence-corrected chi connectivity index (χ4v) is 1.53. The van der Waals surface area contributed by atoms with Crippen LogP contribution in [0.2, 0.25) is 0 Å². The standard InChI is InChI=1S/C12H11N3O3/c1-18-9-8(12(16)17)14-11(15-10(9)13)7-5-3-2-4-6-7/h2-6H,1H3,(H,16,17)(H2,13,14,15). The van der Waals surface area contributed by atoms with Crippen LogP contribution in [0, 0.1) is 0 Å². The molecule has 0 atom stereocenters. The average molecular weight is 245 g/mol. The van der Waals surface area contributed by atoms with Gasteiger partial charge in [-0.05, 0) is 0 Å². The number of methoxy groups -OCH3 is 1. The monoisotopic (exact) mass is 245 g/mol. The van der Waals surface area contributed by atoms with Crippen molar-refractivity contribution in [2.24, 2.45) is 0 Å². The third-order valence-electron chi connectivity index (χ3n) is 2.33. The number of nitrogens with two attached hydrogens (primary N) is 1. The van der Waals surface area contributed by atoms with Gasteiger partial charge >= 0.3 is 5.97 Å². The summed E-state index contributed by atoms with van der Waals surface area (Å²) in [6.45, 7) is 0. The van der Waals surface area contributed by atoms with Crippen molar-refractivity contribution in [3.05, 3.63) is 36.0 Å². The lowest BCUT2D eigenvalue weighted by Gasteiger charge is -2.09. The molecule has 0 spiro atoms. The van der Waals surface area contributed by atoms with E-state index < -0.39 is 5.97 Å². The molecule has 0 unspecified atom stereocenters. The summed E-state index contributed by atoms with van der Waals surface area (Å²) in [4.78, 5) is 19.1. The molecule has 2 aromatic rings. The largest absolute Gasteiger partial charge is 0.491 e. The topological polar surface area (TPSA) is 98.3 Å². The van der Waals surface area contributed by atoms with E-state index in [9.17, 15) is 4.79 Å². The van der Waals surface area contributed by atoms with Gasteiger partial charge in [0.15, 0.2) is 23.1 Å². The maximum atomic E-state index is 11.1. The van der Waals surface area contributed by atoms with Crippen LogP contribution < -0.4 is 10.5 Å². The zero-order valence-electron chi connectivity index (χ0n) is 9.62. The Morgan fingerprint density at radius 3 is 2.50 bits per heavy atom. The summed E-state index contributed by atoms with van der Waals surface area (Å²) in [5.41, 5.74) is 6.11. The van der Waals surface area contributed by atoms with Crippen molar-refractivity contribution in [3.8, 4) is 17.1 Å². The number of carboxylic acid groups (broad SMARTS) is 1. The quantitative estimate of drug-likeness (QED) is 0.848. The summed E-state index contributed by atoms with van der Waals surface area (Å²) in [7, 11) is 1.32. The first kappa shape index (κ1) is 11.8. The first-order chi connectivity index (χ1) is 8.63. The predicted octanol–water partition coefficient (Wildman–Crippen LogP) is 1.43. The second-order valence-electron chi connectivity index (χ2n) is 3.49. The number of aromatic nitrogens is 2. The van der Waals surface area contributed by atoms with Gasteiger partial charge in [0.05, 0.1) is 7.11 Å². The molecule has 0 bridgehead atoms. The number of carbonyl (C=O) groups is 1. The molecule has 92 valence electrons. The van der Waals surface area contributed by atoms with E-state index >= 15 is 0 Å². The lowest BCUT2D eigenvalue weighted by atomic mass is 10.2. The molecule has 6 heteroatoms. The van der Waals surface area contributed by atoms with E-state index in [0.717, 1.165) is 0 Å². The SMILES string of the molecule is COc1c(N)nc(-c2ccccc2)nc1C(=O)O. The molecule has 18 heavy (non-hydrogen) atoms. The molecule has 1 heterocycles. The van der Waals surface area contributed by atoms with E-state index in [1.807, 2.05) is 6.07 Å². The predicted molar refractivity (Wildman–Crippen MR) is 65.4 cm³/mol. The van der Waals surface area contributed by atoms with Crippen molar-refractivity contribution in [1.29, 1.82) is 0 Å². The Morgan fingerprint density at radius 2 is 1.94 bits per heavy atom. The maximum absolute atomic E-state index is 11.1. The van der Waals surface area contributed by atoms with Crippen molar-refractivity contribution in [1.82, 2.24) is 9.97 Å². The van der Waals surface area contributed by atoms with Crippen LogP contribution >= 0.6 is 0 Å². The fourth-order valence-electron chi connectivity index (χ4n) is 1.53. The van der Waals surface area contributed by atoms with Crippen LogP contribution in [0.1, 0.15) is 10.5 Å². The maximum Gasteiger partial charge on any atom is 0.358 e. The Morgan fingerprint density at radius 1 is 1.28 bits per heavy atom. The lowest BCUT2D eigenvalue weighted by molar-refractivity contribution is 0.0686. The number of anilines is 1. The average Bonchev–Trinajstić information content (AvgIpc) is 2.38. The van der Waals surface area contributed by atoms with Crippen LogP contribution in [0.4, 0.5) is 5.82 Å². The Kier molecular flexibility index (Phi) is 3.09. The first-order valence-corrected chi connectivity index (χ1v) is 5.13. The number of rotatable bonds is 3. The van der Waals surface area contributed by atoms with E-state index in [1.54, 1.807) is 24.3 Å². The zero-order valence-corrected chi connectivity index (χ0v) is 9.62. The van der Waals surface area contributed by atoms with E-state index in [0.29, 0.717) is 5.56 Å². The molecule has 0 saturated carbocycles. The van der Waals surface area contributed by atoms with E-state index in [1.165, 1.54) is 7.11 Å². The van der Waals surface area contributed by atoms with Crippen molar-refractivity contribution in [2.45, 2.75) is 0 Å². The summed E-state index contributed by atoms with van der Waals surface area (Å²) in [5.74, 6) is -0.977. The number of nitrogens with zero attached hydrogens (tertiary/aromatic N) is 2. The van der Waals surface area contributed by atoms with Crippen LogP contribution in [0.5, 0.6) is 5.75 Å². The van der Waals surface area contributed by atoms with Gasteiger partial charge in [0.25, 0.3) is 0 Å². The number of aromatic carboxylic acids is 1. The normalized spacial score (nSPS) is 10.1. The van der Waals surface area contributed by atoms with Gasteiger partial charge in [0.2, 0.25) is 0 Å². The third kappa shape index (κ3) is 2.08. The Hall–Kier alpha value is -2.63. The van der Waals surface area contributed by atoms with E-state index in [-0.39, 0.29) is 23.1 Å². The van der Waals surface area contributed by atoms with Crippen molar-refractivity contribution >= 4 is 11.8 Å². The molecular weight excluding hydrogens is 234 g/mol. The number of hydrogen-bond acceptors (Lipinski definition) is 5. The summed E-state index contributed by atoms with van der Waals surface area (Å²) < 4.78 is 4.90. The second-order valence-corrected chi connectivity index (χ2v) is 3.49. The Balaban J connectivity index is 2.62. The van der Waals surface area contributed by atoms with Crippen molar-refractivity contribution < 1.29 is 14.6 Å². The van der Waals surface area contributed by atoms with Crippen LogP contribution in [0.3, 0.4) is 0 Å². The van der Waals surface area contributed by atoms with Gasteiger partial charge < -0.3 is 15.6 Å². The van der Waals surface area contributed by atoms with Gasteiger partial charge in [0, 0.05) is 5.56 Å². The molecule has 0 fully saturated rings. The highest BCUT2D eigenvalue weighted by Crippen LogP contribution is 2.26. The van der Waals surface area contributed by atoms with Crippen LogP contribution in [0.15, 0.2) is 30.3 Å². The minimum atomic E-state index is -1.21. The van der Waals surface area contributed by atoms with Gasteiger partial charge in [-0.2, -0.15) is 0 Å². The molecule has 0 aliphatic carbocycles.